The molecule has 0 heterocycles. The zero-order chi connectivity index (χ0) is 11.1. The summed E-state index contributed by atoms with van der Waals surface area (Å²) in [6.45, 7) is 1.73. The highest BCUT2D eigenvalue weighted by Crippen LogP contribution is 2.22. The minimum Gasteiger partial charge on any atom is -0.496 e. The van der Waals surface area contributed by atoms with Gasteiger partial charge in [-0.3, -0.25) is 0 Å². The van der Waals surface area contributed by atoms with Gasteiger partial charge >= 0.3 is 0 Å². The Bertz CT molecular complexity index is 307. The Labute approximate surface area is 101 Å². The van der Waals surface area contributed by atoms with Crippen LogP contribution in [0.25, 0.3) is 0 Å². The van der Waals surface area contributed by atoms with Crippen molar-refractivity contribution in [2.45, 2.75) is 13.0 Å². The number of hydrogen-bond donors (Lipinski definition) is 2. The molecule has 1 N–H and O–H groups in total. The smallest absolute Gasteiger partial charge is 0.123 e. The predicted octanol–water partition coefficient (Wildman–Crippen LogP) is 2.76. The first-order valence-corrected chi connectivity index (χ1v) is 5.93. The monoisotopic (exact) mass is 245 g/mol. The predicted molar refractivity (Wildman–Crippen MR) is 68.2 cm³/mol. The molecule has 0 saturated carbocycles. The molecule has 0 radical (unpaired) electrons. The maximum Gasteiger partial charge on any atom is 0.123 e. The van der Waals surface area contributed by atoms with Crippen LogP contribution in [0, 0.1) is 0 Å². The van der Waals surface area contributed by atoms with Crippen molar-refractivity contribution >= 4 is 24.2 Å². The Balaban J connectivity index is 2.54. The molecule has 1 aromatic rings. The van der Waals surface area contributed by atoms with Crippen molar-refractivity contribution in [1.29, 1.82) is 0 Å². The van der Waals surface area contributed by atoms with Gasteiger partial charge < -0.3 is 10.1 Å². The summed E-state index contributed by atoms with van der Waals surface area (Å²) in [5.74, 6) is 1.78. The Morgan fingerprint density at radius 2 is 2.27 bits per heavy atom. The molecule has 0 aliphatic rings. The standard InChI is InChI=1S/C11H16ClNOS/c1-14-11-4-3-10(12)7-9(11)8-13-5-2-6-15/h3-4,7,13,15H,2,5-6,8H2,1H3. The summed E-state index contributed by atoms with van der Waals surface area (Å²) >= 11 is 10.1. The van der Waals surface area contributed by atoms with E-state index >= 15 is 0 Å². The Morgan fingerprint density at radius 3 is 2.93 bits per heavy atom. The fraction of sp³-hybridized carbons (Fsp3) is 0.455. The second kappa shape index (κ2) is 6.99. The molecule has 1 rings (SSSR count). The van der Waals surface area contributed by atoms with Gasteiger partial charge in [-0.25, -0.2) is 0 Å². The lowest BCUT2D eigenvalue weighted by Gasteiger charge is -2.09. The SMILES string of the molecule is COc1ccc(Cl)cc1CNCCCS. The van der Waals surface area contributed by atoms with E-state index in [0.29, 0.717) is 0 Å². The number of ether oxygens (including phenoxy) is 1. The molecule has 4 heteroatoms. The summed E-state index contributed by atoms with van der Waals surface area (Å²) in [6, 6.07) is 5.64. The second-order valence-corrected chi connectivity index (χ2v) is 4.09. The van der Waals surface area contributed by atoms with Crippen molar-refractivity contribution in [1.82, 2.24) is 5.32 Å². The van der Waals surface area contributed by atoms with E-state index in [1.807, 2.05) is 18.2 Å². The molecule has 0 bridgehead atoms. The molecular weight excluding hydrogens is 230 g/mol. The number of methoxy groups -OCH3 is 1. The summed E-state index contributed by atoms with van der Waals surface area (Å²) in [5, 5.41) is 4.05. The van der Waals surface area contributed by atoms with Crippen LogP contribution < -0.4 is 10.1 Å². The van der Waals surface area contributed by atoms with Gasteiger partial charge in [-0.2, -0.15) is 12.6 Å². The van der Waals surface area contributed by atoms with Crippen LogP contribution in [0.15, 0.2) is 18.2 Å². The molecule has 0 fully saturated rings. The van der Waals surface area contributed by atoms with Crippen LogP contribution in [0.2, 0.25) is 5.02 Å². The average molecular weight is 246 g/mol. The fourth-order valence-corrected chi connectivity index (χ4v) is 1.67. The summed E-state index contributed by atoms with van der Waals surface area (Å²) in [5.41, 5.74) is 1.09. The van der Waals surface area contributed by atoms with E-state index in [9.17, 15) is 0 Å². The van der Waals surface area contributed by atoms with Crippen molar-refractivity contribution in [2.75, 3.05) is 19.4 Å². The molecule has 84 valence electrons. The van der Waals surface area contributed by atoms with E-state index in [-0.39, 0.29) is 0 Å². The molecule has 0 aliphatic heterocycles. The third-order valence-corrected chi connectivity index (χ3v) is 2.62. The van der Waals surface area contributed by atoms with Crippen LogP contribution in [-0.4, -0.2) is 19.4 Å². The summed E-state index contributed by atoms with van der Waals surface area (Å²) in [7, 11) is 1.67. The molecule has 1 aromatic carbocycles. The maximum absolute atomic E-state index is 5.92. The molecule has 0 saturated heterocycles. The molecule has 0 aliphatic carbocycles. The van der Waals surface area contributed by atoms with Gasteiger partial charge in [0.2, 0.25) is 0 Å². The minimum absolute atomic E-state index is 0.738. The van der Waals surface area contributed by atoms with Crippen LogP contribution in [-0.2, 0) is 6.54 Å². The largest absolute Gasteiger partial charge is 0.496 e. The summed E-state index contributed by atoms with van der Waals surface area (Å²) < 4.78 is 5.24. The highest BCUT2D eigenvalue weighted by molar-refractivity contribution is 7.80. The normalized spacial score (nSPS) is 10.3. The van der Waals surface area contributed by atoms with Gasteiger partial charge in [0, 0.05) is 17.1 Å². The summed E-state index contributed by atoms with van der Waals surface area (Å²) in [4.78, 5) is 0. The quantitative estimate of drug-likeness (QED) is 0.594. The number of rotatable bonds is 6. The van der Waals surface area contributed by atoms with Gasteiger partial charge in [0.15, 0.2) is 0 Å². The zero-order valence-corrected chi connectivity index (χ0v) is 10.4. The van der Waals surface area contributed by atoms with E-state index < -0.39 is 0 Å². The Morgan fingerprint density at radius 1 is 1.47 bits per heavy atom. The number of nitrogens with one attached hydrogen (secondary N) is 1. The number of hydrogen-bond acceptors (Lipinski definition) is 3. The molecule has 15 heavy (non-hydrogen) atoms. The Kier molecular flexibility index (Phi) is 5.91. The lowest BCUT2D eigenvalue weighted by Crippen LogP contribution is -2.15. The third kappa shape index (κ3) is 4.33. The van der Waals surface area contributed by atoms with Gasteiger partial charge in [0.1, 0.15) is 5.75 Å². The first-order valence-electron chi connectivity index (χ1n) is 4.92. The van der Waals surface area contributed by atoms with Crippen molar-refractivity contribution in [2.24, 2.45) is 0 Å². The molecule has 0 amide bonds. The maximum atomic E-state index is 5.92. The minimum atomic E-state index is 0.738. The van der Waals surface area contributed by atoms with Crippen molar-refractivity contribution in [3.05, 3.63) is 28.8 Å². The van der Waals surface area contributed by atoms with Crippen molar-refractivity contribution in [3.8, 4) is 5.75 Å². The highest BCUT2D eigenvalue weighted by Gasteiger charge is 2.02. The number of benzene rings is 1. The molecule has 0 spiro atoms. The molecule has 0 unspecified atom stereocenters. The number of thiol groups is 1. The van der Waals surface area contributed by atoms with Crippen molar-refractivity contribution < 1.29 is 4.74 Å². The topological polar surface area (TPSA) is 21.3 Å². The van der Waals surface area contributed by atoms with Crippen LogP contribution in [0.1, 0.15) is 12.0 Å². The van der Waals surface area contributed by atoms with Gasteiger partial charge in [-0.15, -0.1) is 0 Å². The van der Waals surface area contributed by atoms with Gasteiger partial charge in [-0.1, -0.05) is 11.6 Å². The zero-order valence-electron chi connectivity index (χ0n) is 8.79. The van der Waals surface area contributed by atoms with E-state index in [2.05, 4.69) is 17.9 Å². The lowest BCUT2D eigenvalue weighted by molar-refractivity contribution is 0.408. The highest BCUT2D eigenvalue weighted by atomic mass is 35.5. The van der Waals surface area contributed by atoms with E-state index in [0.717, 1.165) is 41.6 Å². The van der Waals surface area contributed by atoms with E-state index in [1.54, 1.807) is 7.11 Å². The first-order chi connectivity index (χ1) is 7.27. The van der Waals surface area contributed by atoms with Gasteiger partial charge in [-0.05, 0) is 36.9 Å². The van der Waals surface area contributed by atoms with Crippen molar-refractivity contribution in [3.63, 3.8) is 0 Å². The molecule has 0 aromatic heterocycles. The van der Waals surface area contributed by atoms with Crippen LogP contribution in [0.5, 0.6) is 5.75 Å². The van der Waals surface area contributed by atoms with Crippen LogP contribution in [0.3, 0.4) is 0 Å². The van der Waals surface area contributed by atoms with Gasteiger partial charge in [0.05, 0.1) is 7.11 Å². The molecule has 2 nitrogen and oxygen atoms in total. The summed E-state index contributed by atoms with van der Waals surface area (Å²) in [6.07, 6.45) is 1.06. The molecular formula is C11H16ClNOS. The fourth-order valence-electron chi connectivity index (χ4n) is 1.31. The Hall–Kier alpha value is -0.380. The average Bonchev–Trinajstić information content (AvgIpc) is 2.25. The molecule has 0 atom stereocenters. The van der Waals surface area contributed by atoms with Gasteiger partial charge in [0.25, 0.3) is 0 Å². The first kappa shape index (κ1) is 12.7. The van der Waals surface area contributed by atoms with E-state index in [4.69, 9.17) is 16.3 Å². The van der Waals surface area contributed by atoms with Crippen LogP contribution >= 0.6 is 24.2 Å². The third-order valence-electron chi connectivity index (χ3n) is 2.07. The number of halogens is 1. The van der Waals surface area contributed by atoms with Crippen LogP contribution in [0.4, 0.5) is 0 Å². The van der Waals surface area contributed by atoms with E-state index in [1.165, 1.54) is 0 Å². The second-order valence-electron chi connectivity index (χ2n) is 3.21. The lowest BCUT2D eigenvalue weighted by atomic mass is 10.2.